The van der Waals surface area contributed by atoms with Crippen LogP contribution in [0.5, 0.6) is 0 Å². The van der Waals surface area contributed by atoms with E-state index in [4.69, 9.17) is 0 Å². The summed E-state index contributed by atoms with van der Waals surface area (Å²) in [5, 5.41) is 10.9. The molecule has 0 fully saturated rings. The van der Waals surface area contributed by atoms with Crippen molar-refractivity contribution in [1.29, 1.82) is 0 Å². The molecular formula is C23H18N4O6S. The van der Waals surface area contributed by atoms with E-state index in [0.717, 1.165) is 24.3 Å². The molecule has 0 saturated heterocycles. The highest BCUT2D eigenvalue weighted by Crippen LogP contribution is 2.28. The fourth-order valence-corrected chi connectivity index (χ4v) is 4.64. The number of aldehydes is 1. The lowest BCUT2D eigenvalue weighted by atomic mass is 10.0. The molecule has 172 valence electrons. The van der Waals surface area contributed by atoms with E-state index in [-0.39, 0.29) is 17.1 Å². The molecule has 3 aromatic rings. The summed E-state index contributed by atoms with van der Waals surface area (Å²) in [6.45, 7) is -0.302. The number of sulfonamides is 1. The lowest BCUT2D eigenvalue weighted by molar-refractivity contribution is -0.384. The first-order valence-electron chi connectivity index (χ1n) is 10.1. The minimum absolute atomic E-state index is 0.272. The van der Waals surface area contributed by atoms with Crippen molar-refractivity contribution >= 4 is 39.3 Å². The summed E-state index contributed by atoms with van der Waals surface area (Å²) in [6, 6.07) is 20.0. The van der Waals surface area contributed by atoms with Crippen LogP contribution in [0.1, 0.15) is 11.1 Å². The van der Waals surface area contributed by atoms with Crippen LogP contribution >= 0.6 is 0 Å². The predicted molar refractivity (Wildman–Crippen MR) is 124 cm³/mol. The number of rotatable bonds is 7. The van der Waals surface area contributed by atoms with Gasteiger partial charge in [0.05, 0.1) is 27.8 Å². The minimum atomic E-state index is -4.30. The van der Waals surface area contributed by atoms with E-state index in [9.17, 15) is 28.1 Å². The minimum Gasteiger partial charge on any atom is -0.302 e. The second kappa shape index (κ2) is 9.33. The summed E-state index contributed by atoms with van der Waals surface area (Å²) in [7, 11) is -4.30. The van der Waals surface area contributed by atoms with Crippen LogP contribution < -0.4 is 9.62 Å². The molecule has 1 N–H and O–H groups in total. The van der Waals surface area contributed by atoms with Gasteiger partial charge in [-0.25, -0.2) is 8.42 Å². The van der Waals surface area contributed by atoms with Crippen molar-refractivity contribution in [3.8, 4) is 0 Å². The Morgan fingerprint density at radius 2 is 1.65 bits per heavy atom. The van der Waals surface area contributed by atoms with Crippen molar-refractivity contribution in [3.05, 3.63) is 100 Å². The third-order valence-electron chi connectivity index (χ3n) is 5.14. The van der Waals surface area contributed by atoms with Gasteiger partial charge in [-0.05, 0) is 18.2 Å². The number of anilines is 1. The van der Waals surface area contributed by atoms with E-state index in [0.29, 0.717) is 28.8 Å². The van der Waals surface area contributed by atoms with Crippen LogP contribution in [0.3, 0.4) is 0 Å². The largest absolute Gasteiger partial charge is 0.302 e. The van der Waals surface area contributed by atoms with Crippen LogP contribution in [0.2, 0.25) is 0 Å². The van der Waals surface area contributed by atoms with Crippen molar-refractivity contribution in [2.24, 2.45) is 4.99 Å². The SMILES string of the molecule is O=CCN1C(=O)C(NS(=O)(=O)c2ccc([N+](=O)[O-])cc2)N=C(c2ccccc2)c2ccccc21. The monoisotopic (exact) mass is 478 g/mol. The molecule has 3 aromatic carbocycles. The molecule has 1 unspecified atom stereocenters. The summed E-state index contributed by atoms with van der Waals surface area (Å²) in [5.74, 6) is -0.740. The van der Waals surface area contributed by atoms with Gasteiger partial charge in [-0.15, -0.1) is 0 Å². The van der Waals surface area contributed by atoms with Gasteiger partial charge in [-0.2, -0.15) is 4.72 Å². The normalized spacial score (nSPS) is 15.8. The van der Waals surface area contributed by atoms with E-state index in [1.165, 1.54) is 4.90 Å². The van der Waals surface area contributed by atoms with Crippen molar-refractivity contribution in [2.75, 3.05) is 11.4 Å². The number of nitrogens with zero attached hydrogens (tertiary/aromatic N) is 3. The average Bonchev–Trinajstić information content (AvgIpc) is 2.95. The first-order valence-corrected chi connectivity index (χ1v) is 11.5. The molecule has 4 rings (SSSR count). The van der Waals surface area contributed by atoms with Crippen molar-refractivity contribution in [1.82, 2.24) is 4.72 Å². The first-order chi connectivity index (χ1) is 16.3. The van der Waals surface area contributed by atoms with Crippen LogP contribution in [0, 0.1) is 10.1 Å². The topological polar surface area (TPSA) is 139 Å². The van der Waals surface area contributed by atoms with Gasteiger partial charge in [0.25, 0.3) is 11.6 Å². The summed E-state index contributed by atoms with van der Waals surface area (Å²) >= 11 is 0. The van der Waals surface area contributed by atoms with Gasteiger partial charge < -0.3 is 9.69 Å². The lowest BCUT2D eigenvalue weighted by Crippen LogP contribution is -2.47. The molecule has 0 aromatic heterocycles. The number of non-ortho nitro benzene ring substituents is 1. The van der Waals surface area contributed by atoms with Gasteiger partial charge in [0.2, 0.25) is 10.0 Å². The van der Waals surface area contributed by atoms with E-state index >= 15 is 0 Å². The van der Waals surface area contributed by atoms with Gasteiger partial charge in [0.15, 0.2) is 6.17 Å². The number of amides is 1. The molecule has 0 aliphatic carbocycles. The maximum Gasteiger partial charge on any atom is 0.269 e. The molecule has 11 heteroatoms. The fourth-order valence-electron chi connectivity index (χ4n) is 3.56. The highest BCUT2D eigenvalue weighted by atomic mass is 32.2. The number of nitro groups is 1. The van der Waals surface area contributed by atoms with Crippen molar-refractivity contribution in [3.63, 3.8) is 0 Å². The Hall–Kier alpha value is -4.22. The summed E-state index contributed by atoms with van der Waals surface area (Å²) in [4.78, 5) is 40.3. The maximum absolute atomic E-state index is 13.4. The molecule has 1 amide bonds. The smallest absolute Gasteiger partial charge is 0.269 e. The molecule has 0 spiro atoms. The quantitative estimate of drug-likeness (QED) is 0.314. The zero-order valence-corrected chi connectivity index (χ0v) is 18.4. The van der Waals surface area contributed by atoms with E-state index in [2.05, 4.69) is 9.71 Å². The summed E-state index contributed by atoms with van der Waals surface area (Å²) in [5.41, 5.74) is 1.71. The highest BCUT2D eigenvalue weighted by molar-refractivity contribution is 7.89. The fraction of sp³-hybridized carbons (Fsp3) is 0.0870. The number of aliphatic imine (C=N–C) groups is 1. The van der Waals surface area contributed by atoms with Gasteiger partial charge in [-0.3, -0.25) is 19.9 Å². The number of fused-ring (bicyclic) bond motifs is 1. The molecule has 0 bridgehead atoms. The molecule has 10 nitrogen and oxygen atoms in total. The lowest BCUT2D eigenvalue weighted by Gasteiger charge is -2.23. The Morgan fingerprint density at radius 1 is 1.00 bits per heavy atom. The summed E-state index contributed by atoms with van der Waals surface area (Å²) < 4.78 is 28.3. The number of hydrogen-bond donors (Lipinski definition) is 1. The Labute approximate surface area is 194 Å². The van der Waals surface area contributed by atoms with E-state index in [1.807, 2.05) is 6.07 Å². The average molecular weight is 478 g/mol. The zero-order valence-electron chi connectivity index (χ0n) is 17.6. The second-order valence-corrected chi connectivity index (χ2v) is 8.97. The molecule has 1 aliphatic rings. The molecule has 34 heavy (non-hydrogen) atoms. The number of carbonyl (C=O) groups excluding carboxylic acids is 2. The van der Waals surface area contributed by atoms with Crippen LogP contribution in [0.4, 0.5) is 11.4 Å². The first kappa shape index (κ1) is 23.0. The Balaban J connectivity index is 1.81. The predicted octanol–water partition coefficient (Wildman–Crippen LogP) is 2.28. The van der Waals surface area contributed by atoms with Gasteiger partial charge in [0.1, 0.15) is 6.29 Å². The van der Waals surface area contributed by atoms with Crippen molar-refractivity contribution < 1.29 is 22.9 Å². The molecule has 1 aliphatic heterocycles. The van der Waals surface area contributed by atoms with Crippen LogP contribution in [-0.4, -0.2) is 44.0 Å². The van der Waals surface area contributed by atoms with E-state index < -0.39 is 27.0 Å². The van der Waals surface area contributed by atoms with Crippen LogP contribution in [0.25, 0.3) is 0 Å². The van der Waals surface area contributed by atoms with Crippen molar-refractivity contribution in [2.45, 2.75) is 11.1 Å². The van der Waals surface area contributed by atoms with E-state index in [1.54, 1.807) is 48.5 Å². The van der Waals surface area contributed by atoms with Crippen LogP contribution in [-0.2, 0) is 19.6 Å². The summed E-state index contributed by atoms with van der Waals surface area (Å²) in [6.07, 6.45) is -1.04. The number of hydrogen-bond acceptors (Lipinski definition) is 7. The Bertz CT molecular complexity index is 1390. The maximum atomic E-state index is 13.4. The number of carbonyl (C=O) groups is 2. The molecule has 0 radical (unpaired) electrons. The Kier molecular flexibility index (Phi) is 6.30. The second-order valence-electron chi connectivity index (χ2n) is 7.25. The number of nitro benzene ring substituents is 1. The number of para-hydroxylation sites is 1. The standard InChI is InChI=1S/C23H18N4O6S/c28-15-14-26-20-9-5-4-8-19(20)21(16-6-2-1-3-7-16)24-22(23(26)29)25-34(32,33)18-12-10-17(11-13-18)27(30)31/h1-13,15,22,25H,14H2. The molecule has 0 saturated carbocycles. The van der Waals surface area contributed by atoms with Gasteiger partial charge >= 0.3 is 0 Å². The van der Waals surface area contributed by atoms with Crippen LogP contribution in [0.15, 0.2) is 88.8 Å². The van der Waals surface area contributed by atoms with Gasteiger partial charge in [0, 0.05) is 23.3 Å². The zero-order chi connectivity index (χ0) is 24.3. The molecule has 1 atom stereocenters. The number of nitrogens with one attached hydrogen (secondary N) is 1. The Morgan fingerprint density at radius 3 is 2.29 bits per heavy atom. The van der Waals surface area contributed by atoms with Gasteiger partial charge in [-0.1, -0.05) is 48.5 Å². The highest BCUT2D eigenvalue weighted by Gasteiger charge is 2.34. The number of benzodiazepines with no additional fused rings is 1. The molecule has 1 heterocycles. The third kappa shape index (κ3) is 4.47. The molecular weight excluding hydrogens is 460 g/mol. The third-order valence-corrected chi connectivity index (χ3v) is 6.56. The number of benzene rings is 3.